The first-order valence-electron chi connectivity index (χ1n) is 10.2. The van der Waals surface area contributed by atoms with E-state index in [2.05, 4.69) is 5.32 Å². The molecule has 0 aliphatic carbocycles. The molecule has 1 N–H and O–H groups in total. The van der Waals surface area contributed by atoms with Crippen molar-refractivity contribution in [1.29, 1.82) is 0 Å². The van der Waals surface area contributed by atoms with Crippen molar-refractivity contribution in [3.05, 3.63) is 65.2 Å². The van der Waals surface area contributed by atoms with Crippen LogP contribution in [-0.4, -0.2) is 51.5 Å². The number of halogens is 1. The van der Waals surface area contributed by atoms with Crippen molar-refractivity contribution in [3.63, 3.8) is 0 Å². The third-order valence-corrected chi connectivity index (χ3v) is 7.55. The van der Waals surface area contributed by atoms with Gasteiger partial charge in [0.1, 0.15) is 10.6 Å². The Morgan fingerprint density at radius 1 is 1.09 bits per heavy atom. The molecule has 0 spiro atoms. The van der Waals surface area contributed by atoms with E-state index < -0.39 is 15.9 Å². The number of carbonyl (C=O) groups is 1. The van der Waals surface area contributed by atoms with E-state index in [1.165, 1.54) is 16.4 Å². The number of benzene rings is 3. The van der Waals surface area contributed by atoms with Gasteiger partial charge in [-0.15, -0.1) is 0 Å². The van der Waals surface area contributed by atoms with Crippen LogP contribution in [0.25, 0.3) is 10.8 Å². The molecule has 0 saturated carbocycles. The van der Waals surface area contributed by atoms with Crippen LogP contribution in [0.2, 0.25) is 5.02 Å². The van der Waals surface area contributed by atoms with Crippen LogP contribution in [0.4, 0.5) is 5.69 Å². The smallest absolute Gasteiger partial charge is 0.259 e. The van der Waals surface area contributed by atoms with E-state index in [0.29, 0.717) is 36.8 Å². The van der Waals surface area contributed by atoms with E-state index in [-0.39, 0.29) is 23.0 Å². The minimum absolute atomic E-state index is 0.0533. The van der Waals surface area contributed by atoms with Gasteiger partial charge in [-0.25, -0.2) is 8.42 Å². The number of anilines is 1. The summed E-state index contributed by atoms with van der Waals surface area (Å²) in [6, 6.07) is 15.7. The minimum Gasteiger partial charge on any atom is -0.493 e. The van der Waals surface area contributed by atoms with Gasteiger partial charge in [0.05, 0.1) is 30.4 Å². The topological polar surface area (TPSA) is 84.9 Å². The molecule has 7 nitrogen and oxygen atoms in total. The second-order valence-corrected chi connectivity index (χ2v) is 9.56. The number of hydrogen-bond acceptors (Lipinski definition) is 5. The van der Waals surface area contributed by atoms with Crippen LogP contribution in [0, 0.1) is 0 Å². The van der Waals surface area contributed by atoms with Gasteiger partial charge in [0.25, 0.3) is 5.91 Å². The van der Waals surface area contributed by atoms with Crippen LogP contribution in [0.3, 0.4) is 0 Å². The highest BCUT2D eigenvalue weighted by atomic mass is 35.5. The van der Waals surface area contributed by atoms with Crippen molar-refractivity contribution in [1.82, 2.24) is 4.31 Å². The molecular weight excluding hydrogens is 452 g/mol. The van der Waals surface area contributed by atoms with Gasteiger partial charge >= 0.3 is 0 Å². The van der Waals surface area contributed by atoms with Crippen LogP contribution in [0.15, 0.2) is 59.5 Å². The molecule has 1 saturated heterocycles. The maximum Gasteiger partial charge on any atom is 0.259 e. The van der Waals surface area contributed by atoms with E-state index in [1.54, 1.807) is 12.1 Å². The Labute approximate surface area is 191 Å². The quantitative estimate of drug-likeness (QED) is 0.579. The van der Waals surface area contributed by atoms with Crippen molar-refractivity contribution >= 4 is 44.0 Å². The van der Waals surface area contributed by atoms with Crippen molar-refractivity contribution in [2.75, 3.05) is 38.2 Å². The van der Waals surface area contributed by atoms with Gasteiger partial charge in [-0.3, -0.25) is 4.79 Å². The van der Waals surface area contributed by atoms with Gasteiger partial charge in [0.15, 0.2) is 0 Å². The summed E-state index contributed by atoms with van der Waals surface area (Å²) in [4.78, 5) is 13.0. The van der Waals surface area contributed by atoms with E-state index in [9.17, 15) is 13.2 Å². The molecule has 1 aliphatic heterocycles. The van der Waals surface area contributed by atoms with Crippen LogP contribution in [0.5, 0.6) is 5.75 Å². The van der Waals surface area contributed by atoms with E-state index >= 15 is 0 Å². The molecule has 0 unspecified atom stereocenters. The zero-order chi connectivity index (χ0) is 22.7. The van der Waals surface area contributed by atoms with Gasteiger partial charge in [-0.2, -0.15) is 4.31 Å². The summed E-state index contributed by atoms with van der Waals surface area (Å²) in [7, 11) is -3.82. The Morgan fingerprint density at radius 3 is 2.47 bits per heavy atom. The second kappa shape index (κ2) is 9.46. The predicted molar refractivity (Wildman–Crippen MR) is 124 cm³/mol. The Kier molecular flexibility index (Phi) is 6.66. The first-order chi connectivity index (χ1) is 15.4. The molecule has 4 rings (SSSR count). The predicted octanol–water partition coefficient (Wildman–Crippen LogP) is 4.17. The number of fused-ring (bicyclic) bond motifs is 1. The monoisotopic (exact) mass is 474 g/mol. The highest BCUT2D eigenvalue weighted by molar-refractivity contribution is 7.89. The lowest BCUT2D eigenvalue weighted by molar-refractivity contribution is 0.0730. The molecule has 32 heavy (non-hydrogen) atoms. The lowest BCUT2D eigenvalue weighted by atomic mass is 10.1. The highest BCUT2D eigenvalue weighted by Crippen LogP contribution is 2.30. The van der Waals surface area contributed by atoms with Crippen molar-refractivity contribution in [2.24, 2.45) is 0 Å². The molecule has 168 valence electrons. The number of morpholine rings is 1. The summed E-state index contributed by atoms with van der Waals surface area (Å²) in [5, 5.41) is 4.72. The van der Waals surface area contributed by atoms with Gasteiger partial charge < -0.3 is 14.8 Å². The molecule has 1 amide bonds. The Bertz CT molecular complexity index is 1260. The average molecular weight is 475 g/mol. The minimum atomic E-state index is -3.82. The largest absolute Gasteiger partial charge is 0.493 e. The first-order valence-corrected chi connectivity index (χ1v) is 12.1. The maximum atomic E-state index is 13.1. The normalized spacial score (nSPS) is 14.9. The van der Waals surface area contributed by atoms with Gasteiger partial charge in [-0.1, -0.05) is 35.9 Å². The van der Waals surface area contributed by atoms with Gasteiger partial charge in [0, 0.05) is 18.8 Å². The fourth-order valence-corrected chi connectivity index (χ4v) is 5.48. The van der Waals surface area contributed by atoms with E-state index in [1.807, 2.05) is 37.3 Å². The average Bonchev–Trinajstić information content (AvgIpc) is 2.80. The zero-order valence-electron chi connectivity index (χ0n) is 17.5. The van der Waals surface area contributed by atoms with Gasteiger partial charge in [0.2, 0.25) is 10.0 Å². The summed E-state index contributed by atoms with van der Waals surface area (Å²) in [5.41, 5.74) is 0.680. The number of carbonyl (C=O) groups excluding carboxylic acids is 1. The van der Waals surface area contributed by atoms with Crippen LogP contribution in [-0.2, 0) is 14.8 Å². The van der Waals surface area contributed by atoms with Crippen molar-refractivity contribution in [2.45, 2.75) is 11.8 Å². The fraction of sp³-hybridized carbons (Fsp3) is 0.261. The summed E-state index contributed by atoms with van der Waals surface area (Å²) in [6.45, 7) is 3.42. The SMILES string of the molecule is CCOc1cc2ccccc2cc1C(=O)Nc1ccc(Cl)c(S(=O)(=O)N2CCOCC2)c1. The van der Waals surface area contributed by atoms with Crippen LogP contribution < -0.4 is 10.1 Å². The second-order valence-electron chi connectivity index (χ2n) is 7.24. The molecule has 0 atom stereocenters. The zero-order valence-corrected chi connectivity index (χ0v) is 19.1. The Hall–Kier alpha value is -2.65. The number of rotatable bonds is 6. The van der Waals surface area contributed by atoms with Gasteiger partial charge in [-0.05, 0) is 48.0 Å². The number of amides is 1. The lowest BCUT2D eigenvalue weighted by Gasteiger charge is -2.26. The summed E-state index contributed by atoms with van der Waals surface area (Å²) < 4.78 is 38.4. The van der Waals surface area contributed by atoms with Crippen molar-refractivity contribution < 1.29 is 22.7 Å². The molecule has 1 heterocycles. The molecule has 1 fully saturated rings. The molecule has 0 aromatic heterocycles. The molecule has 0 bridgehead atoms. The molecule has 0 radical (unpaired) electrons. The number of sulfonamides is 1. The molecule has 1 aliphatic rings. The summed E-state index contributed by atoms with van der Waals surface area (Å²) in [5.74, 6) is 0.0510. The number of nitrogens with one attached hydrogen (secondary N) is 1. The Morgan fingerprint density at radius 2 is 1.78 bits per heavy atom. The molecule has 3 aromatic rings. The molecular formula is C23H23ClN2O5S. The van der Waals surface area contributed by atoms with Crippen LogP contribution >= 0.6 is 11.6 Å². The maximum absolute atomic E-state index is 13.1. The number of hydrogen-bond donors (Lipinski definition) is 1. The highest BCUT2D eigenvalue weighted by Gasteiger charge is 2.29. The number of nitrogens with zero attached hydrogens (tertiary/aromatic N) is 1. The standard InChI is InChI=1S/C23H23ClN2O5S/c1-2-31-21-14-17-6-4-3-5-16(17)13-19(21)23(27)25-18-7-8-20(24)22(15-18)32(28,29)26-9-11-30-12-10-26/h3-8,13-15H,2,9-12H2,1H3,(H,25,27). The van der Waals surface area contributed by atoms with Crippen molar-refractivity contribution in [3.8, 4) is 5.75 Å². The third kappa shape index (κ3) is 4.59. The Balaban J connectivity index is 1.65. The first kappa shape index (κ1) is 22.5. The number of ether oxygens (including phenoxy) is 2. The van der Waals surface area contributed by atoms with Crippen LogP contribution in [0.1, 0.15) is 17.3 Å². The van der Waals surface area contributed by atoms with E-state index in [0.717, 1.165) is 10.8 Å². The molecule has 3 aromatic carbocycles. The van der Waals surface area contributed by atoms with E-state index in [4.69, 9.17) is 21.1 Å². The third-order valence-electron chi connectivity index (χ3n) is 5.17. The summed E-state index contributed by atoms with van der Waals surface area (Å²) >= 11 is 6.22. The summed E-state index contributed by atoms with van der Waals surface area (Å²) in [6.07, 6.45) is 0. The molecule has 9 heteroatoms. The lowest BCUT2D eigenvalue weighted by Crippen LogP contribution is -2.40. The fourth-order valence-electron chi connectivity index (χ4n) is 3.58.